The fourth-order valence-corrected chi connectivity index (χ4v) is 1.65. The second kappa shape index (κ2) is 5.41. The van der Waals surface area contributed by atoms with E-state index < -0.39 is 0 Å². The Morgan fingerprint density at radius 3 is 1.93 bits per heavy atom. The van der Waals surface area contributed by atoms with Gasteiger partial charge in [0.25, 0.3) is 0 Å². The van der Waals surface area contributed by atoms with Gasteiger partial charge in [-0.2, -0.15) is 0 Å². The highest BCUT2D eigenvalue weighted by Crippen LogP contribution is 2.26. The molecule has 1 aromatic carbocycles. The van der Waals surface area contributed by atoms with Crippen molar-refractivity contribution in [3.8, 4) is 0 Å². The zero-order chi connectivity index (χ0) is 10.6. The topological polar surface area (TPSA) is 0 Å². The summed E-state index contributed by atoms with van der Waals surface area (Å²) in [5.41, 5.74) is 2.65. The predicted octanol–water partition coefficient (Wildman–Crippen LogP) is 4.89. The fraction of sp³-hybridized carbons (Fsp3) is 0.538. The molecule has 0 N–H and O–H groups in total. The van der Waals surface area contributed by atoms with Gasteiger partial charge in [0.15, 0.2) is 0 Å². The minimum atomic E-state index is 0.168. The lowest BCUT2D eigenvalue weighted by Crippen LogP contribution is -1.93. The Morgan fingerprint density at radius 2 is 1.50 bits per heavy atom. The summed E-state index contributed by atoms with van der Waals surface area (Å²) < 4.78 is 0. The van der Waals surface area contributed by atoms with E-state index >= 15 is 0 Å². The Labute approximate surface area is 92.3 Å². The van der Waals surface area contributed by atoms with Gasteiger partial charge in [-0.15, -0.1) is 11.6 Å². The summed E-state index contributed by atoms with van der Waals surface area (Å²) in [6.45, 7) is 6.59. The first-order valence-electron chi connectivity index (χ1n) is 5.42. The molecular formula is C13H19Cl. The number of alkyl halides is 1. The Kier molecular flexibility index (Phi) is 4.47. The van der Waals surface area contributed by atoms with E-state index in [4.69, 9.17) is 11.6 Å². The third kappa shape index (κ3) is 2.75. The Bertz CT molecular complexity index is 234. The summed E-state index contributed by atoms with van der Waals surface area (Å²) in [5, 5.41) is 0.168. The smallest absolute Gasteiger partial charge is 0.0582 e. The first-order chi connectivity index (χ1) is 6.69. The Morgan fingerprint density at radius 1 is 1.00 bits per heavy atom. The molecule has 2 atom stereocenters. The third-order valence-corrected chi connectivity index (χ3v) is 3.40. The molecule has 0 nitrogen and oxygen atoms in total. The zero-order valence-corrected chi connectivity index (χ0v) is 10.0. The van der Waals surface area contributed by atoms with Crippen molar-refractivity contribution >= 4 is 11.6 Å². The first-order valence-corrected chi connectivity index (χ1v) is 5.86. The van der Waals surface area contributed by atoms with E-state index in [9.17, 15) is 0 Å². The molecule has 0 saturated heterocycles. The molecule has 0 bridgehead atoms. The molecule has 0 aromatic heterocycles. The predicted molar refractivity (Wildman–Crippen MR) is 64.0 cm³/mol. The van der Waals surface area contributed by atoms with E-state index in [-0.39, 0.29) is 5.38 Å². The van der Waals surface area contributed by atoms with Crippen LogP contribution in [0.3, 0.4) is 0 Å². The molecule has 14 heavy (non-hydrogen) atoms. The average Bonchev–Trinajstić information content (AvgIpc) is 2.27. The van der Waals surface area contributed by atoms with Crippen LogP contribution in [0.15, 0.2) is 24.3 Å². The molecule has 0 heterocycles. The number of hydrogen-bond acceptors (Lipinski definition) is 0. The van der Waals surface area contributed by atoms with Crippen LogP contribution in [0.5, 0.6) is 0 Å². The second-order valence-corrected chi connectivity index (χ2v) is 4.38. The molecule has 1 rings (SSSR count). The monoisotopic (exact) mass is 210 g/mol. The normalized spacial score (nSPS) is 15.1. The molecule has 78 valence electrons. The van der Waals surface area contributed by atoms with Crippen molar-refractivity contribution in [2.24, 2.45) is 0 Å². The van der Waals surface area contributed by atoms with E-state index in [1.807, 2.05) is 0 Å². The molecule has 0 saturated carbocycles. The third-order valence-electron chi connectivity index (χ3n) is 2.84. The van der Waals surface area contributed by atoms with Crippen molar-refractivity contribution in [3.05, 3.63) is 35.4 Å². The molecule has 1 heteroatoms. The number of hydrogen-bond donors (Lipinski definition) is 0. The summed E-state index contributed by atoms with van der Waals surface area (Å²) in [6.07, 6.45) is 2.18. The van der Waals surface area contributed by atoms with Crippen LogP contribution in [0.1, 0.15) is 56.0 Å². The minimum absolute atomic E-state index is 0.168. The largest absolute Gasteiger partial charge is 0.118 e. The van der Waals surface area contributed by atoms with Gasteiger partial charge in [-0.25, -0.2) is 0 Å². The lowest BCUT2D eigenvalue weighted by Gasteiger charge is -2.11. The van der Waals surface area contributed by atoms with E-state index in [1.54, 1.807) is 0 Å². The van der Waals surface area contributed by atoms with E-state index in [0.717, 1.165) is 6.42 Å². The quantitative estimate of drug-likeness (QED) is 0.621. The summed E-state index contributed by atoms with van der Waals surface area (Å²) in [4.78, 5) is 0. The van der Waals surface area contributed by atoms with Crippen LogP contribution in [0.25, 0.3) is 0 Å². The van der Waals surface area contributed by atoms with E-state index in [1.165, 1.54) is 17.5 Å². The first kappa shape index (κ1) is 11.6. The van der Waals surface area contributed by atoms with Crippen LogP contribution in [-0.4, -0.2) is 0 Å². The molecule has 0 aliphatic rings. The van der Waals surface area contributed by atoms with Gasteiger partial charge in [0.2, 0.25) is 0 Å². The van der Waals surface area contributed by atoms with E-state index in [2.05, 4.69) is 45.0 Å². The molecular weight excluding hydrogens is 192 g/mol. The molecule has 2 unspecified atom stereocenters. The van der Waals surface area contributed by atoms with Gasteiger partial charge >= 0.3 is 0 Å². The van der Waals surface area contributed by atoms with Gasteiger partial charge in [0, 0.05) is 0 Å². The summed E-state index contributed by atoms with van der Waals surface area (Å²) >= 11 is 6.16. The van der Waals surface area contributed by atoms with Gasteiger partial charge in [-0.1, -0.05) is 45.0 Å². The Balaban J connectivity index is 2.78. The Hall–Kier alpha value is -0.490. The van der Waals surface area contributed by atoms with Gasteiger partial charge in [-0.3, -0.25) is 0 Å². The van der Waals surface area contributed by atoms with Crippen LogP contribution < -0.4 is 0 Å². The van der Waals surface area contributed by atoms with Crippen LogP contribution in [-0.2, 0) is 0 Å². The van der Waals surface area contributed by atoms with Crippen LogP contribution in [0.4, 0.5) is 0 Å². The van der Waals surface area contributed by atoms with Gasteiger partial charge < -0.3 is 0 Å². The highest BCUT2D eigenvalue weighted by atomic mass is 35.5. The SMILES string of the molecule is CCC(C)c1ccc(C(Cl)CC)cc1. The number of halogens is 1. The van der Waals surface area contributed by atoms with Gasteiger partial charge in [-0.05, 0) is 29.9 Å². The van der Waals surface area contributed by atoms with E-state index in [0.29, 0.717) is 5.92 Å². The summed E-state index contributed by atoms with van der Waals surface area (Å²) in [7, 11) is 0. The lowest BCUT2D eigenvalue weighted by atomic mass is 9.97. The maximum Gasteiger partial charge on any atom is 0.0582 e. The highest BCUT2D eigenvalue weighted by molar-refractivity contribution is 6.20. The number of benzene rings is 1. The summed E-state index contributed by atoms with van der Waals surface area (Å²) in [6, 6.07) is 8.72. The lowest BCUT2D eigenvalue weighted by molar-refractivity contribution is 0.732. The van der Waals surface area contributed by atoms with Crippen LogP contribution in [0, 0.1) is 0 Å². The maximum absolute atomic E-state index is 6.16. The molecule has 0 amide bonds. The molecule has 1 aromatic rings. The van der Waals surface area contributed by atoms with Crippen molar-refractivity contribution in [1.82, 2.24) is 0 Å². The van der Waals surface area contributed by atoms with Crippen LogP contribution >= 0.6 is 11.6 Å². The number of rotatable bonds is 4. The van der Waals surface area contributed by atoms with Crippen molar-refractivity contribution < 1.29 is 0 Å². The highest BCUT2D eigenvalue weighted by Gasteiger charge is 2.06. The van der Waals surface area contributed by atoms with Crippen molar-refractivity contribution in [2.45, 2.75) is 44.9 Å². The van der Waals surface area contributed by atoms with Gasteiger partial charge in [0.05, 0.1) is 5.38 Å². The maximum atomic E-state index is 6.16. The molecule has 0 spiro atoms. The van der Waals surface area contributed by atoms with Gasteiger partial charge in [0.1, 0.15) is 0 Å². The average molecular weight is 211 g/mol. The zero-order valence-electron chi connectivity index (χ0n) is 9.26. The molecule has 0 aliphatic heterocycles. The van der Waals surface area contributed by atoms with Crippen molar-refractivity contribution in [1.29, 1.82) is 0 Å². The molecule has 0 radical (unpaired) electrons. The summed E-state index contributed by atoms with van der Waals surface area (Å²) in [5.74, 6) is 0.652. The standard InChI is InChI=1S/C13H19Cl/c1-4-10(3)11-6-8-12(9-7-11)13(14)5-2/h6-10,13H,4-5H2,1-3H3. The van der Waals surface area contributed by atoms with Crippen molar-refractivity contribution in [2.75, 3.05) is 0 Å². The fourth-order valence-electron chi connectivity index (χ4n) is 1.50. The van der Waals surface area contributed by atoms with Crippen LogP contribution in [0.2, 0.25) is 0 Å². The van der Waals surface area contributed by atoms with Crippen molar-refractivity contribution in [3.63, 3.8) is 0 Å². The molecule has 0 aliphatic carbocycles. The minimum Gasteiger partial charge on any atom is -0.118 e. The second-order valence-electron chi connectivity index (χ2n) is 3.85. The molecule has 0 fully saturated rings.